The summed E-state index contributed by atoms with van der Waals surface area (Å²) in [5.41, 5.74) is 3.82. The number of carbonyl (C=O) groups excluding carboxylic acids is 1. The fraction of sp³-hybridized carbons (Fsp3) is 0.250. The number of amides is 1. The quantitative estimate of drug-likeness (QED) is 0.721. The Bertz CT molecular complexity index is 1140. The van der Waals surface area contributed by atoms with Gasteiger partial charge in [-0.3, -0.25) is 4.79 Å². The summed E-state index contributed by atoms with van der Waals surface area (Å²) in [5, 5.41) is 3.72. The first kappa shape index (κ1) is 19.8. The Morgan fingerprint density at radius 2 is 1.54 bits per heavy atom. The second kappa shape index (κ2) is 7.20. The van der Waals surface area contributed by atoms with Crippen molar-refractivity contribution >= 4 is 15.9 Å². The summed E-state index contributed by atoms with van der Waals surface area (Å²) in [7, 11) is -4.01. The molecule has 8 heteroatoms. The van der Waals surface area contributed by atoms with Gasteiger partial charge >= 0.3 is 0 Å². The largest absolute Gasteiger partial charge is 0.334 e. The van der Waals surface area contributed by atoms with Crippen LogP contribution in [0.25, 0.3) is 11.5 Å². The van der Waals surface area contributed by atoms with Gasteiger partial charge in [-0.15, -0.1) is 0 Å². The predicted molar refractivity (Wildman–Crippen MR) is 105 cm³/mol. The number of rotatable bonds is 4. The summed E-state index contributed by atoms with van der Waals surface area (Å²) in [6, 6.07) is 8.22. The summed E-state index contributed by atoms with van der Waals surface area (Å²) >= 11 is 0. The number of nitrogens with zero attached hydrogens (tertiary/aromatic N) is 2. The van der Waals surface area contributed by atoms with E-state index in [0.29, 0.717) is 28.4 Å². The number of nitrogens with one attached hydrogen (secondary N) is 1. The normalized spacial score (nSPS) is 11.5. The van der Waals surface area contributed by atoms with Gasteiger partial charge in [0, 0.05) is 11.1 Å². The van der Waals surface area contributed by atoms with Crippen molar-refractivity contribution in [3.05, 3.63) is 64.0 Å². The van der Waals surface area contributed by atoms with Gasteiger partial charge in [0.15, 0.2) is 5.82 Å². The van der Waals surface area contributed by atoms with E-state index in [0.717, 1.165) is 11.1 Å². The highest BCUT2D eigenvalue weighted by Crippen LogP contribution is 2.26. The lowest BCUT2D eigenvalue weighted by atomic mass is 10.0. The van der Waals surface area contributed by atoms with Crippen LogP contribution in [0.5, 0.6) is 0 Å². The molecule has 0 bridgehead atoms. The van der Waals surface area contributed by atoms with Crippen molar-refractivity contribution in [2.75, 3.05) is 0 Å². The summed E-state index contributed by atoms with van der Waals surface area (Å²) < 4.78 is 33.0. The first-order valence-electron chi connectivity index (χ1n) is 8.65. The van der Waals surface area contributed by atoms with Crippen molar-refractivity contribution in [3.8, 4) is 11.5 Å². The van der Waals surface area contributed by atoms with Crippen LogP contribution in [0.1, 0.15) is 38.4 Å². The Balaban J connectivity index is 1.88. The average Bonchev–Trinajstić information content (AvgIpc) is 3.06. The van der Waals surface area contributed by atoms with E-state index in [1.165, 1.54) is 12.1 Å². The SMILES string of the molecule is Cc1noc(-c2ccc(C(=O)NS(=O)(=O)c3c(C)c(C)cc(C)c3C)cc2)n1. The zero-order valence-electron chi connectivity index (χ0n) is 16.3. The number of benzene rings is 2. The van der Waals surface area contributed by atoms with E-state index < -0.39 is 15.9 Å². The van der Waals surface area contributed by atoms with E-state index >= 15 is 0 Å². The zero-order chi connectivity index (χ0) is 20.6. The maximum absolute atomic E-state index is 12.9. The number of hydrogen-bond donors (Lipinski definition) is 1. The molecule has 146 valence electrons. The lowest BCUT2D eigenvalue weighted by Gasteiger charge is -2.16. The minimum atomic E-state index is -4.01. The molecule has 0 fully saturated rings. The van der Waals surface area contributed by atoms with E-state index in [4.69, 9.17) is 4.52 Å². The standard InChI is InChI=1S/C20H21N3O4S/c1-11-10-12(2)14(4)18(13(11)3)28(25,26)23-19(24)16-6-8-17(9-7-16)20-21-15(5)22-27-20/h6-10H,1-5H3,(H,23,24). The van der Waals surface area contributed by atoms with Gasteiger partial charge in [0.2, 0.25) is 0 Å². The Labute approximate surface area is 163 Å². The van der Waals surface area contributed by atoms with Gasteiger partial charge < -0.3 is 4.52 Å². The molecule has 0 saturated heterocycles. The number of hydrogen-bond acceptors (Lipinski definition) is 6. The van der Waals surface area contributed by atoms with Gasteiger partial charge in [0.1, 0.15) is 0 Å². The molecule has 0 aliphatic heterocycles. The Hall–Kier alpha value is -3.00. The molecule has 0 aliphatic rings. The molecule has 28 heavy (non-hydrogen) atoms. The summed E-state index contributed by atoms with van der Waals surface area (Å²) in [6.07, 6.45) is 0. The topological polar surface area (TPSA) is 102 Å². The molecule has 2 aromatic carbocycles. The van der Waals surface area contributed by atoms with Gasteiger partial charge in [-0.2, -0.15) is 4.98 Å². The van der Waals surface area contributed by atoms with Gasteiger partial charge in [-0.25, -0.2) is 13.1 Å². The van der Waals surface area contributed by atoms with Gasteiger partial charge in [-0.1, -0.05) is 11.2 Å². The molecule has 3 aromatic rings. The molecule has 0 radical (unpaired) electrons. The molecular formula is C20H21N3O4S. The van der Waals surface area contributed by atoms with Crippen LogP contribution in [0.4, 0.5) is 0 Å². The molecule has 1 N–H and O–H groups in total. The lowest BCUT2D eigenvalue weighted by Crippen LogP contribution is -2.31. The van der Waals surface area contributed by atoms with Crippen molar-refractivity contribution < 1.29 is 17.7 Å². The highest BCUT2D eigenvalue weighted by Gasteiger charge is 2.24. The molecule has 0 aliphatic carbocycles. The van der Waals surface area contributed by atoms with Crippen molar-refractivity contribution in [2.24, 2.45) is 0 Å². The molecule has 0 atom stereocenters. The van der Waals surface area contributed by atoms with Crippen LogP contribution >= 0.6 is 0 Å². The third-order valence-corrected chi connectivity index (χ3v) is 6.32. The van der Waals surface area contributed by atoms with Crippen LogP contribution < -0.4 is 4.72 Å². The Morgan fingerprint density at radius 1 is 0.964 bits per heavy atom. The minimum absolute atomic E-state index is 0.149. The Kier molecular flexibility index (Phi) is 5.08. The van der Waals surface area contributed by atoms with Crippen molar-refractivity contribution in [1.29, 1.82) is 0 Å². The van der Waals surface area contributed by atoms with Crippen molar-refractivity contribution in [1.82, 2.24) is 14.9 Å². The predicted octanol–water partition coefficient (Wildman–Crippen LogP) is 3.40. The molecule has 1 amide bonds. The fourth-order valence-electron chi connectivity index (χ4n) is 2.99. The summed E-state index contributed by atoms with van der Waals surface area (Å²) in [6.45, 7) is 8.88. The third-order valence-electron chi connectivity index (χ3n) is 4.71. The van der Waals surface area contributed by atoms with Crippen molar-refractivity contribution in [3.63, 3.8) is 0 Å². The summed E-state index contributed by atoms with van der Waals surface area (Å²) in [4.78, 5) is 16.8. The number of carbonyl (C=O) groups is 1. The van der Waals surface area contributed by atoms with Crippen LogP contribution in [-0.2, 0) is 10.0 Å². The smallest absolute Gasteiger partial charge is 0.264 e. The van der Waals surface area contributed by atoms with Crippen LogP contribution in [-0.4, -0.2) is 24.5 Å². The van der Waals surface area contributed by atoms with Crippen LogP contribution in [0.2, 0.25) is 0 Å². The molecule has 1 aromatic heterocycles. The number of aromatic nitrogens is 2. The van der Waals surface area contributed by atoms with E-state index in [9.17, 15) is 13.2 Å². The highest BCUT2D eigenvalue weighted by molar-refractivity contribution is 7.90. The molecular weight excluding hydrogens is 378 g/mol. The summed E-state index contributed by atoms with van der Waals surface area (Å²) in [5.74, 6) is 0.131. The molecule has 7 nitrogen and oxygen atoms in total. The van der Waals surface area contributed by atoms with Crippen molar-refractivity contribution in [2.45, 2.75) is 39.5 Å². The molecule has 0 unspecified atom stereocenters. The third kappa shape index (κ3) is 3.68. The molecule has 1 heterocycles. The minimum Gasteiger partial charge on any atom is -0.334 e. The van der Waals surface area contributed by atoms with Crippen LogP contribution in [0.3, 0.4) is 0 Å². The first-order valence-corrected chi connectivity index (χ1v) is 10.1. The van der Waals surface area contributed by atoms with Crippen LogP contribution in [0.15, 0.2) is 39.8 Å². The monoisotopic (exact) mass is 399 g/mol. The lowest BCUT2D eigenvalue weighted by molar-refractivity contribution is 0.0981. The number of aryl methyl sites for hydroxylation is 3. The van der Waals surface area contributed by atoms with E-state index in [1.54, 1.807) is 32.9 Å². The van der Waals surface area contributed by atoms with Gasteiger partial charge in [0.25, 0.3) is 21.8 Å². The molecule has 3 rings (SSSR count). The van der Waals surface area contributed by atoms with Gasteiger partial charge in [0.05, 0.1) is 4.90 Å². The highest BCUT2D eigenvalue weighted by atomic mass is 32.2. The second-order valence-electron chi connectivity index (χ2n) is 6.75. The molecule has 0 saturated carbocycles. The fourth-order valence-corrected chi connectivity index (χ4v) is 4.59. The van der Waals surface area contributed by atoms with Gasteiger partial charge in [-0.05, 0) is 81.1 Å². The Morgan fingerprint density at radius 3 is 2.04 bits per heavy atom. The maximum atomic E-state index is 12.9. The molecule has 0 spiro atoms. The zero-order valence-corrected chi connectivity index (χ0v) is 17.1. The average molecular weight is 399 g/mol. The van der Waals surface area contributed by atoms with E-state index in [2.05, 4.69) is 14.9 Å². The van der Waals surface area contributed by atoms with E-state index in [1.807, 2.05) is 19.9 Å². The van der Waals surface area contributed by atoms with E-state index in [-0.39, 0.29) is 10.5 Å². The first-order chi connectivity index (χ1) is 13.1. The second-order valence-corrected chi connectivity index (χ2v) is 8.37. The maximum Gasteiger partial charge on any atom is 0.264 e. The van der Waals surface area contributed by atoms with Crippen LogP contribution in [0, 0.1) is 34.6 Å². The number of sulfonamides is 1.